The summed E-state index contributed by atoms with van der Waals surface area (Å²) in [5, 5.41) is 0.348. The SMILES string of the molecule is Cc1cc(F)c2[nH]c(-c3cc(F)ccc3F)c(C=O)c2c1. The van der Waals surface area contributed by atoms with Crippen molar-refractivity contribution in [1.29, 1.82) is 0 Å². The van der Waals surface area contributed by atoms with Crippen molar-refractivity contribution in [3.63, 3.8) is 0 Å². The van der Waals surface area contributed by atoms with Crippen LogP contribution in [-0.4, -0.2) is 11.3 Å². The van der Waals surface area contributed by atoms with Gasteiger partial charge in [0.2, 0.25) is 0 Å². The van der Waals surface area contributed by atoms with E-state index in [1.165, 1.54) is 6.07 Å². The Labute approximate surface area is 118 Å². The predicted molar refractivity (Wildman–Crippen MR) is 73.7 cm³/mol. The zero-order chi connectivity index (χ0) is 15.1. The molecule has 0 fully saturated rings. The van der Waals surface area contributed by atoms with Crippen molar-refractivity contribution in [2.24, 2.45) is 0 Å². The number of halogens is 3. The maximum atomic E-state index is 14.0. The van der Waals surface area contributed by atoms with Crippen LogP contribution in [0.15, 0.2) is 30.3 Å². The van der Waals surface area contributed by atoms with E-state index in [0.717, 1.165) is 18.2 Å². The van der Waals surface area contributed by atoms with Gasteiger partial charge in [0.15, 0.2) is 6.29 Å². The Balaban J connectivity index is 2.40. The second-order valence-corrected chi connectivity index (χ2v) is 4.82. The number of aromatic amines is 1. The highest BCUT2D eigenvalue weighted by atomic mass is 19.1. The third kappa shape index (κ3) is 2.11. The highest BCUT2D eigenvalue weighted by Gasteiger charge is 2.18. The van der Waals surface area contributed by atoms with Crippen LogP contribution < -0.4 is 0 Å². The van der Waals surface area contributed by atoms with Crippen molar-refractivity contribution < 1.29 is 18.0 Å². The Morgan fingerprint density at radius 1 is 1.05 bits per heavy atom. The van der Waals surface area contributed by atoms with Gasteiger partial charge in [-0.2, -0.15) is 0 Å². The van der Waals surface area contributed by atoms with Gasteiger partial charge in [0.1, 0.15) is 17.5 Å². The highest BCUT2D eigenvalue weighted by Crippen LogP contribution is 2.32. The fourth-order valence-corrected chi connectivity index (χ4v) is 2.43. The lowest BCUT2D eigenvalue weighted by atomic mass is 10.0. The summed E-state index contributed by atoms with van der Waals surface area (Å²) in [6, 6.07) is 5.84. The average molecular weight is 289 g/mol. The van der Waals surface area contributed by atoms with E-state index in [2.05, 4.69) is 4.98 Å². The standard InChI is InChI=1S/C16H10F3NO/c1-8-4-10-12(7-21)15(20-16(10)14(19)5-8)11-6-9(17)2-3-13(11)18/h2-7,20H,1H3. The normalized spacial score (nSPS) is 11.0. The van der Waals surface area contributed by atoms with Gasteiger partial charge in [-0.15, -0.1) is 0 Å². The van der Waals surface area contributed by atoms with Gasteiger partial charge in [0, 0.05) is 16.5 Å². The van der Waals surface area contributed by atoms with E-state index in [1.54, 1.807) is 13.0 Å². The first-order valence-electron chi connectivity index (χ1n) is 6.23. The van der Waals surface area contributed by atoms with E-state index in [1.807, 2.05) is 0 Å². The summed E-state index contributed by atoms with van der Waals surface area (Å²) in [6.07, 6.45) is 0.511. The van der Waals surface area contributed by atoms with Crippen LogP contribution in [0.4, 0.5) is 13.2 Å². The Kier molecular flexibility index (Phi) is 3.05. The van der Waals surface area contributed by atoms with Gasteiger partial charge in [-0.1, -0.05) is 0 Å². The summed E-state index contributed by atoms with van der Waals surface area (Å²) in [4.78, 5) is 14.0. The molecule has 2 aromatic carbocycles. The van der Waals surface area contributed by atoms with Gasteiger partial charge in [-0.05, 0) is 42.8 Å². The smallest absolute Gasteiger partial charge is 0.152 e. The quantitative estimate of drug-likeness (QED) is 0.698. The zero-order valence-electron chi connectivity index (χ0n) is 11.0. The third-order valence-electron chi connectivity index (χ3n) is 3.36. The molecule has 0 unspecified atom stereocenters. The molecule has 0 aliphatic carbocycles. The summed E-state index contributed by atoms with van der Waals surface area (Å²) in [7, 11) is 0. The van der Waals surface area contributed by atoms with Crippen LogP contribution in [0.3, 0.4) is 0 Å². The summed E-state index contributed by atoms with van der Waals surface area (Å²) in [6.45, 7) is 1.69. The second kappa shape index (κ2) is 4.77. The lowest BCUT2D eigenvalue weighted by molar-refractivity contribution is 0.112. The van der Waals surface area contributed by atoms with Crippen LogP contribution in [0.2, 0.25) is 0 Å². The minimum Gasteiger partial charge on any atom is -0.351 e. The van der Waals surface area contributed by atoms with Gasteiger partial charge in [0.25, 0.3) is 0 Å². The molecule has 0 saturated heterocycles. The number of hydrogen-bond donors (Lipinski definition) is 1. The summed E-state index contributed by atoms with van der Waals surface area (Å²) in [5.41, 5.74) is 0.804. The molecule has 2 nitrogen and oxygen atoms in total. The van der Waals surface area contributed by atoms with Crippen molar-refractivity contribution in [1.82, 2.24) is 4.98 Å². The van der Waals surface area contributed by atoms with Gasteiger partial charge in [0.05, 0.1) is 11.2 Å². The number of H-pyrrole nitrogens is 1. The number of benzene rings is 2. The van der Waals surface area contributed by atoms with E-state index >= 15 is 0 Å². The topological polar surface area (TPSA) is 32.9 Å². The number of hydrogen-bond acceptors (Lipinski definition) is 1. The van der Waals surface area contributed by atoms with Crippen LogP contribution in [0, 0.1) is 24.4 Å². The van der Waals surface area contributed by atoms with Gasteiger partial charge < -0.3 is 4.98 Å². The van der Waals surface area contributed by atoms with Crippen LogP contribution in [0.5, 0.6) is 0 Å². The number of aldehydes is 1. The van der Waals surface area contributed by atoms with E-state index < -0.39 is 17.5 Å². The molecule has 21 heavy (non-hydrogen) atoms. The molecule has 1 aromatic heterocycles. The number of aromatic nitrogens is 1. The van der Waals surface area contributed by atoms with Crippen molar-refractivity contribution in [3.05, 3.63) is 58.9 Å². The minimum absolute atomic E-state index is 0.0708. The highest BCUT2D eigenvalue weighted by molar-refractivity contribution is 6.04. The Hall–Kier alpha value is -2.56. The fraction of sp³-hybridized carbons (Fsp3) is 0.0625. The molecular weight excluding hydrogens is 279 g/mol. The lowest BCUT2D eigenvalue weighted by Gasteiger charge is -2.02. The van der Waals surface area contributed by atoms with Crippen molar-refractivity contribution in [2.45, 2.75) is 6.92 Å². The second-order valence-electron chi connectivity index (χ2n) is 4.82. The molecule has 1 heterocycles. The van der Waals surface area contributed by atoms with Crippen LogP contribution in [-0.2, 0) is 0 Å². The van der Waals surface area contributed by atoms with Crippen molar-refractivity contribution in [3.8, 4) is 11.3 Å². The number of nitrogens with one attached hydrogen (secondary N) is 1. The van der Waals surface area contributed by atoms with E-state index in [4.69, 9.17) is 0 Å². The zero-order valence-corrected chi connectivity index (χ0v) is 11.0. The number of carbonyl (C=O) groups excluding carboxylic acids is 1. The largest absolute Gasteiger partial charge is 0.351 e. The summed E-state index contributed by atoms with van der Waals surface area (Å²) >= 11 is 0. The Bertz CT molecular complexity index is 868. The minimum atomic E-state index is -0.691. The fourth-order valence-electron chi connectivity index (χ4n) is 2.43. The molecule has 3 rings (SSSR count). The lowest BCUT2D eigenvalue weighted by Crippen LogP contribution is -1.90. The molecule has 3 aromatic rings. The molecule has 0 radical (unpaired) electrons. The monoisotopic (exact) mass is 289 g/mol. The van der Waals surface area contributed by atoms with E-state index in [9.17, 15) is 18.0 Å². The molecule has 1 N–H and O–H groups in total. The van der Waals surface area contributed by atoms with Crippen molar-refractivity contribution in [2.75, 3.05) is 0 Å². The molecule has 0 aliphatic rings. The molecule has 0 aliphatic heterocycles. The first kappa shape index (κ1) is 13.4. The van der Waals surface area contributed by atoms with Crippen molar-refractivity contribution >= 4 is 17.2 Å². The number of aryl methyl sites for hydroxylation is 1. The number of rotatable bonds is 2. The van der Waals surface area contributed by atoms with Crippen LogP contribution >= 0.6 is 0 Å². The summed E-state index contributed by atoms with van der Waals surface area (Å²) < 4.78 is 41.2. The van der Waals surface area contributed by atoms with Crippen LogP contribution in [0.25, 0.3) is 22.2 Å². The molecule has 0 atom stereocenters. The van der Waals surface area contributed by atoms with Crippen LogP contribution in [0.1, 0.15) is 15.9 Å². The van der Waals surface area contributed by atoms with E-state index in [-0.39, 0.29) is 22.3 Å². The molecule has 0 amide bonds. The van der Waals surface area contributed by atoms with E-state index in [0.29, 0.717) is 17.2 Å². The van der Waals surface area contributed by atoms with Gasteiger partial charge >= 0.3 is 0 Å². The first-order valence-corrected chi connectivity index (χ1v) is 6.23. The molecule has 0 saturated carbocycles. The molecule has 0 bridgehead atoms. The molecule has 0 spiro atoms. The Morgan fingerprint density at radius 3 is 2.52 bits per heavy atom. The third-order valence-corrected chi connectivity index (χ3v) is 3.36. The molecule has 106 valence electrons. The molecule has 5 heteroatoms. The van der Waals surface area contributed by atoms with Gasteiger partial charge in [-0.3, -0.25) is 4.79 Å². The predicted octanol–water partition coefficient (Wildman–Crippen LogP) is 4.37. The first-order chi connectivity index (χ1) is 10.0. The Morgan fingerprint density at radius 2 is 1.81 bits per heavy atom. The maximum absolute atomic E-state index is 14.0. The number of fused-ring (bicyclic) bond motifs is 1. The molecular formula is C16H10F3NO. The number of carbonyl (C=O) groups is 1. The van der Waals surface area contributed by atoms with Gasteiger partial charge in [-0.25, -0.2) is 13.2 Å². The average Bonchev–Trinajstić information content (AvgIpc) is 2.80. The summed E-state index contributed by atoms with van der Waals surface area (Å²) in [5.74, 6) is -1.88. The maximum Gasteiger partial charge on any atom is 0.152 e.